The zero-order valence-electron chi connectivity index (χ0n) is 14.3. The molecule has 5 nitrogen and oxygen atoms in total. The zero-order chi connectivity index (χ0) is 18.4. The Morgan fingerprint density at radius 2 is 2.08 bits per heavy atom. The van der Waals surface area contributed by atoms with Gasteiger partial charge in [-0.05, 0) is 38.1 Å². The molecule has 0 saturated carbocycles. The van der Waals surface area contributed by atoms with Crippen LogP contribution < -0.4 is 10.1 Å². The molecule has 2 unspecified atom stereocenters. The number of halogens is 3. The van der Waals surface area contributed by atoms with E-state index in [0.717, 1.165) is 18.7 Å². The normalized spacial score (nSPS) is 20.1. The molecule has 140 valence electrons. The Morgan fingerprint density at radius 3 is 2.68 bits per heavy atom. The molecular formula is C17H23F3N2O3. The summed E-state index contributed by atoms with van der Waals surface area (Å²) in [4.78, 5) is 14.3. The van der Waals surface area contributed by atoms with Gasteiger partial charge in [-0.3, -0.25) is 9.69 Å². The summed E-state index contributed by atoms with van der Waals surface area (Å²) in [5.74, 6) is -0.0849. The monoisotopic (exact) mass is 360 g/mol. The minimum atomic E-state index is -4.39. The van der Waals surface area contributed by atoms with Crippen molar-refractivity contribution < 1.29 is 27.4 Å². The molecule has 1 aliphatic heterocycles. The van der Waals surface area contributed by atoms with E-state index in [-0.39, 0.29) is 11.7 Å². The molecule has 1 fully saturated rings. The van der Waals surface area contributed by atoms with Crippen LogP contribution in [0.15, 0.2) is 24.3 Å². The number of alkyl halides is 3. The van der Waals surface area contributed by atoms with Gasteiger partial charge in [-0.1, -0.05) is 0 Å². The minimum Gasteiger partial charge on any atom is -0.481 e. The molecule has 1 heterocycles. The van der Waals surface area contributed by atoms with Gasteiger partial charge in [0.1, 0.15) is 5.75 Å². The topological polar surface area (TPSA) is 50.8 Å². The first kappa shape index (κ1) is 19.5. The number of carbonyl (C=O) groups is 1. The van der Waals surface area contributed by atoms with E-state index in [1.54, 1.807) is 6.92 Å². The van der Waals surface area contributed by atoms with Crippen molar-refractivity contribution in [3.05, 3.63) is 29.8 Å². The highest BCUT2D eigenvalue weighted by atomic mass is 19.4. The summed E-state index contributed by atoms with van der Waals surface area (Å²) >= 11 is 0. The summed E-state index contributed by atoms with van der Waals surface area (Å²) in [5, 5.41) is 2.78. The molecule has 0 aromatic heterocycles. The van der Waals surface area contributed by atoms with Gasteiger partial charge in [0, 0.05) is 25.7 Å². The summed E-state index contributed by atoms with van der Waals surface area (Å²) in [6, 6.07) is 4.59. The van der Waals surface area contributed by atoms with Crippen molar-refractivity contribution in [2.24, 2.45) is 0 Å². The smallest absolute Gasteiger partial charge is 0.416 e. The molecular weight excluding hydrogens is 337 g/mol. The predicted molar refractivity (Wildman–Crippen MR) is 86.4 cm³/mol. The van der Waals surface area contributed by atoms with Crippen LogP contribution >= 0.6 is 0 Å². The van der Waals surface area contributed by atoms with Gasteiger partial charge >= 0.3 is 6.18 Å². The third-order valence-electron chi connectivity index (χ3n) is 4.07. The Kier molecular flexibility index (Phi) is 6.66. The van der Waals surface area contributed by atoms with Crippen LogP contribution in [0.2, 0.25) is 0 Å². The number of amides is 1. The van der Waals surface area contributed by atoms with Crippen molar-refractivity contribution in [3.8, 4) is 5.75 Å². The molecule has 1 amide bonds. The molecule has 8 heteroatoms. The van der Waals surface area contributed by atoms with Crippen molar-refractivity contribution >= 4 is 5.91 Å². The van der Waals surface area contributed by atoms with Gasteiger partial charge in [-0.15, -0.1) is 0 Å². The maximum absolute atomic E-state index is 12.5. The summed E-state index contributed by atoms with van der Waals surface area (Å²) in [7, 11) is 0. The fourth-order valence-corrected chi connectivity index (χ4v) is 2.54. The maximum atomic E-state index is 12.5. The average Bonchev–Trinajstić information content (AvgIpc) is 2.56. The minimum absolute atomic E-state index is 0.220. The van der Waals surface area contributed by atoms with Crippen LogP contribution in [0.4, 0.5) is 13.2 Å². The maximum Gasteiger partial charge on any atom is 0.416 e. The molecule has 2 rings (SSSR count). The Labute approximate surface area is 145 Å². The highest BCUT2D eigenvalue weighted by Gasteiger charge is 2.30. The lowest BCUT2D eigenvalue weighted by atomic mass is 10.2. The number of nitrogens with one attached hydrogen (secondary N) is 1. The van der Waals surface area contributed by atoms with Crippen molar-refractivity contribution in [2.45, 2.75) is 32.2 Å². The van der Waals surface area contributed by atoms with E-state index in [4.69, 9.17) is 9.47 Å². The highest BCUT2D eigenvalue weighted by molar-refractivity contribution is 5.80. The van der Waals surface area contributed by atoms with Crippen LogP contribution in [0, 0.1) is 0 Å². The molecule has 1 aliphatic rings. The third-order valence-corrected chi connectivity index (χ3v) is 4.07. The number of ether oxygens (including phenoxy) is 2. The molecule has 2 atom stereocenters. The Morgan fingerprint density at radius 1 is 1.40 bits per heavy atom. The van der Waals surface area contributed by atoms with Crippen LogP contribution in [0.5, 0.6) is 5.75 Å². The largest absolute Gasteiger partial charge is 0.481 e. The predicted octanol–water partition coefficient (Wildman–Crippen LogP) is 2.31. The quantitative estimate of drug-likeness (QED) is 0.846. The van der Waals surface area contributed by atoms with E-state index in [1.807, 2.05) is 0 Å². The van der Waals surface area contributed by atoms with Crippen LogP contribution in [0.25, 0.3) is 0 Å². The molecule has 25 heavy (non-hydrogen) atoms. The number of benzene rings is 1. The van der Waals surface area contributed by atoms with E-state index < -0.39 is 17.8 Å². The van der Waals surface area contributed by atoms with Crippen molar-refractivity contribution in [3.63, 3.8) is 0 Å². The fraction of sp³-hybridized carbons (Fsp3) is 0.588. The number of carbonyl (C=O) groups excluding carboxylic acids is 1. The number of rotatable bonds is 6. The Hall–Kier alpha value is -1.80. The van der Waals surface area contributed by atoms with Gasteiger partial charge in [0.05, 0.1) is 18.8 Å². The molecule has 0 radical (unpaired) electrons. The van der Waals surface area contributed by atoms with Gasteiger partial charge < -0.3 is 14.8 Å². The second kappa shape index (κ2) is 8.53. The lowest BCUT2D eigenvalue weighted by Gasteiger charge is -2.33. The van der Waals surface area contributed by atoms with Crippen molar-refractivity contribution in [1.82, 2.24) is 10.2 Å². The van der Waals surface area contributed by atoms with E-state index in [2.05, 4.69) is 17.1 Å². The van der Waals surface area contributed by atoms with E-state index in [1.165, 1.54) is 12.1 Å². The van der Waals surface area contributed by atoms with E-state index in [0.29, 0.717) is 32.3 Å². The van der Waals surface area contributed by atoms with Gasteiger partial charge in [0.15, 0.2) is 6.10 Å². The first-order chi connectivity index (χ1) is 11.8. The summed E-state index contributed by atoms with van der Waals surface area (Å²) in [5.41, 5.74) is -0.753. The second-order valence-electron chi connectivity index (χ2n) is 6.03. The van der Waals surface area contributed by atoms with Gasteiger partial charge in [-0.25, -0.2) is 0 Å². The Bertz CT molecular complexity index is 563. The number of hydrogen-bond donors (Lipinski definition) is 1. The molecule has 1 N–H and O–H groups in total. The summed E-state index contributed by atoms with van der Waals surface area (Å²) in [6.07, 6.45) is -5.18. The second-order valence-corrected chi connectivity index (χ2v) is 6.03. The van der Waals surface area contributed by atoms with E-state index >= 15 is 0 Å². The molecule has 0 bridgehead atoms. The highest BCUT2D eigenvalue weighted by Crippen LogP contribution is 2.30. The standard InChI is InChI=1S/C17H23F3N2O3/c1-12-11-24-10-9-22(12)8-7-21-16(23)13(2)25-15-5-3-14(4-6-15)17(18,19)20/h3-6,12-13H,7-11H2,1-2H3,(H,21,23). The molecule has 1 saturated heterocycles. The molecule has 0 aliphatic carbocycles. The van der Waals surface area contributed by atoms with E-state index in [9.17, 15) is 18.0 Å². The van der Waals surface area contributed by atoms with Crippen molar-refractivity contribution in [2.75, 3.05) is 32.8 Å². The fourth-order valence-electron chi connectivity index (χ4n) is 2.54. The lowest BCUT2D eigenvalue weighted by molar-refractivity contribution is -0.137. The van der Waals surface area contributed by atoms with Crippen LogP contribution in [0.1, 0.15) is 19.4 Å². The first-order valence-electron chi connectivity index (χ1n) is 8.21. The molecule has 1 aromatic rings. The molecule has 0 spiro atoms. The number of hydrogen-bond acceptors (Lipinski definition) is 4. The zero-order valence-corrected chi connectivity index (χ0v) is 14.3. The lowest BCUT2D eigenvalue weighted by Crippen LogP contribution is -2.48. The number of nitrogens with zero attached hydrogens (tertiary/aromatic N) is 1. The summed E-state index contributed by atoms with van der Waals surface area (Å²) < 4.78 is 48.3. The van der Waals surface area contributed by atoms with Crippen LogP contribution in [0.3, 0.4) is 0 Å². The summed E-state index contributed by atoms with van der Waals surface area (Å²) in [6.45, 7) is 7.01. The Balaban J connectivity index is 1.76. The van der Waals surface area contributed by atoms with Gasteiger partial charge in [-0.2, -0.15) is 13.2 Å². The third kappa shape index (κ3) is 5.89. The van der Waals surface area contributed by atoms with Gasteiger partial charge in [0.2, 0.25) is 0 Å². The average molecular weight is 360 g/mol. The number of morpholine rings is 1. The SMILES string of the molecule is CC(Oc1ccc(C(F)(F)F)cc1)C(=O)NCCN1CCOCC1C. The van der Waals surface area contributed by atoms with Crippen LogP contribution in [-0.2, 0) is 15.7 Å². The first-order valence-corrected chi connectivity index (χ1v) is 8.21. The van der Waals surface area contributed by atoms with Crippen molar-refractivity contribution in [1.29, 1.82) is 0 Å². The molecule has 1 aromatic carbocycles. The van der Waals surface area contributed by atoms with Gasteiger partial charge in [0.25, 0.3) is 5.91 Å². The van der Waals surface area contributed by atoms with Crippen LogP contribution in [-0.4, -0.2) is 55.8 Å².